The van der Waals surface area contributed by atoms with Crippen LogP contribution in [0.2, 0.25) is 0 Å². The molecular weight excluding hydrogens is 334 g/mol. The fraction of sp³-hybridized carbons (Fsp3) is 0.263. The number of anilines is 1. The van der Waals surface area contributed by atoms with Crippen molar-refractivity contribution in [3.8, 4) is 11.4 Å². The number of amides is 1. The van der Waals surface area contributed by atoms with Gasteiger partial charge in [0.2, 0.25) is 0 Å². The first-order chi connectivity index (χ1) is 12.3. The van der Waals surface area contributed by atoms with Gasteiger partial charge in [-0.1, -0.05) is 12.1 Å². The number of benzene rings is 1. The molecule has 1 amide bonds. The van der Waals surface area contributed by atoms with E-state index in [0.717, 1.165) is 11.1 Å². The molecule has 1 aliphatic heterocycles. The summed E-state index contributed by atoms with van der Waals surface area (Å²) in [5.41, 5.74) is 14.2. The first-order valence-corrected chi connectivity index (χ1v) is 8.25. The van der Waals surface area contributed by atoms with Crippen molar-refractivity contribution in [2.24, 2.45) is 5.73 Å². The number of hydrogen-bond donors (Lipinski definition) is 3. The standard InChI is InChI=1S/C19H21N3O4/c1-10-3-4-15(23)11(2)16(10)22-17(20)14(18(21)24)9-13(19(22)25)12-5-7-26-8-6-12/h3-5,9,23H,6-8,20H2,1-2H3,(H2,21,24). The van der Waals surface area contributed by atoms with E-state index < -0.39 is 5.91 Å². The van der Waals surface area contributed by atoms with Gasteiger partial charge in [-0.3, -0.25) is 14.2 Å². The van der Waals surface area contributed by atoms with Crippen LogP contribution in [-0.2, 0) is 4.74 Å². The Bertz CT molecular complexity index is 989. The fourth-order valence-corrected chi connectivity index (χ4v) is 3.22. The van der Waals surface area contributed by atoms with E-state index in [1.165, 1.54) is 10.6 Å². The van der Waals surface area contributed by atoms with Crippen molar-refractivity contribution in [3.05, 3.63) is 56.9 Å². The van der Waals surface area contributed by atoms with E-state index in [0.29, 0.717) is 36.4 Å². The van der Waals surface area contributed by atoms with Crippen LogP contribution in [0, 0.1) is 13.8 Å². The molecule has 7 nitrogen and oxygen atoms in total. The Morgan fingerprint density at radius 2 is 2.04 bits per heavy atom. The van der Waals surface area contributed by atoms with E-state index in [4.69, 9.17) is 16.2 Å². The number of nitrogens with two attached hydrogens (primary N) is 2. The number of rotatable bonds is 3. The first kappa shape index (κ1) is 17.8. The van der Waals surface area contributed by atoms with Gasteiger partial charge in [-0.15, -0.1) is 0 Å². The van der Waals surface area contributed by atoms with Gasteiger partial charge in [-0.05, 0) is 43.5 Å². The van der Waals surface area contributed by atoms with Crippen LogP contribution < -0.4 is 17.0 Å². The molecule has 0 unspecified atom stereocenters. The monoisotopic (exact) mass is 355 g/mol. The summed E-state index contributed by atoms with van der Waals surface area (Å²) in [4.78, 5) is 25.2. The first-order valence-electron chi connectivity index (χ1n) is 8.25. The summed E-state index contributed by atoms with van der Waals surface area (Å²) in [5.74, 6) is -0.732. The highest BCUT2D eigenvalue weighted by molar-refractivity contribution is 5.98. The van der Waals surface area contributed by atoms with Crippen LogP contribution in [0.1, 0.15) is 33.5 Å². The molecule has 1 aromatic heterocycles. The van der Waals surface area contributed by atoms with Crippen LogP contribution in [-0.4, -0.2) is 28.8 Å². The Labute approximate surface area is 150 Å². The van der Waals surface area contributed by atoms with Gasteiger partial charge in [-0.2, -0.15) is 0 Å². The number of aromatic nitrogens is 1. The third-order valence-electron chi connectivity index (χ3n) is 4.64. The van der Waals surface area contributed by atoms with Gasteiger partial charge in [0.25, 0.3) is 11.5 Å². The molecule has 136 valence electrons. The van der Waals surface area contributed by atoms with Crippen LogP contribution in [0.25, 0.3) is 11.3 Å². The molecule has 0 spiro atoms. The molecule has 0 saturated heterocycles. The number of carbonyl (C=O) groups is 1. The lowest BCUT2D eigenvalue weighted by molar-refractivity contribution is 0.100. The fourth-order valence-electron chi connectivity index (χ4n) is 3.22. The summed E-state index contributed by atoms with van der Waals surface area (Å²) in [6.45, 7) is 4.38. The van der Waals surface area contributed by atoms with Crippen LogP contribution >= 0.6 is 0 Å². The third kappa shape index (κ3) is 2.86. The number of primary amides is 1. The van der Waals surface area contributed by atoms with E-state index in [-0.39, 0.29) is 22.7 Å². The molecular formula is C19H21N3O4. The molecule has 7 heteroatoms. The summed E-state index contributed by atoms with van der Waals surface area (Å²) in [6.07, 6.45) is 2.36. The SMILES string of the molecule is Cc1ccc(O)c(C)c1-n1c(N)c(C(N)=O)cc(C2=CCOCC2)c1=O. The number of aryl methyl sites for hydroxylation is 1. The Kier molecular flexibility index (Phi) is 4.56. The van der Waals surface area contributed by atoms with Gasteiger partial charge in [0.05, 0.1) is 24.5 Å². The van der Waals surface area contributed by atoms with Gasteiger partial charge in [0, 0.05) is 11.1 Å². The maximum atomic E-state index is 13.2. The minimum absolute atomic E-state index is 0.0354. The average molecular weight is 355 g/mol. The molecule has 0 fully saturated rings. The lowest BCUT2D eigenvalue weighted by Crippen LogP contribution is -2.30. The molecule has 0 radical (unpaired) electrons. The molecule has 5 N–H and O–H groups in total. The molecule has 3 rings (SSSR count). The number of ether oxygens (including phenoxy) is 1. The van der Waals surface area contributed by atoms with Crippen LogP contribution in [0.15, 0.2) is 29.1 Å². The second kappa shape index (κ2) is 6.68. The largest absolute Gasteiger partial charge is 0.508 e. The lowest BCUT2D eigenvalue weighted by Gasteiger charge is -2.21. The molecule has 1 aliphatic rings. The Hall–Kier alpha value is -3.06. The Balaban J connectivity index is 2.41. The zero-order chi connectivity index (χ0) is 19.0. The van der Waals surface area contributed by atoms with Gasteiger partial charge in [0.1, 0.15) is 11.6 Å². The van der Waals surface area contributed by atoms with E-state index >= 15 is 0 Å². The summed E-state index contributed by atoms with van der Waals surface area (Å²) >= 11 is 0. The zero-order valence-corrected chi connectivity index (χ0v) is 14.7. The maximum absolute atomic E-state index is 13.2. The normalized spacial score (nSPS) is 14.2. The highest BCUT2D eigenvalue weighted by Gasteiger charge is 2.22. The number of phenols is 1. The minimum atomic E-state index is -0.722. The summed E-state index contributed by atoms with van der Waals surface area (Å²) in [5, 5.41) is 10.1. The molecule has 26 heavy (non-hydrogen) atoms. The summed E-state index contributed by atoms with van der Waals surface area (Å²) in [7, 11) is 0. The number of nitrogens with zero attached hydrogens (tertiary/aromatic N) is 1. The topological polar surface area (TPSA) is 121 Å². The van der Waals surface area contributed by atoms with Crippen molar-refractivity contribution in [2.75, 3.05) is 18.9 Å². The second-order valence-electron chi connectivity index (χ2n) is 6.29. The van der Waals surface area contributed by atoms with Crippen LogP contribution in [0.5, 0.6) is 5.75 Å². The predicted octanol–water partition coefficient (Wildman–Crippen LogP) is 1.64. The van der Waals surface area contributed by atoms with E-state index in [1.807, 2.05) is 6.08 Å². The molecule has 2 heterocycles. The van der Waals surface area contributed by atoms with Crippen molar-refractivity contribution >= 4 is 17.3 Å². The molecule has 0 atom stereocenters. The lowest BCUT2D eigenvalue weighted by atomic mass is 9.99. The molecule has 2 aromatic rings. The highest BCUT2D eigenvalue weighted by Crippen LogP contribution is 2.30. The quantitative estimate of drug-likeness (QED) is 0.773. The van der Waals surface area contributed by atoms with Crippen molar-refractivity contribution in [1.82, 2.24) is 4.57 Å². The summed E-state index contributed by atoms with van der Waals surface area (Å²) in [6, 6.07) is 4.68. The average Bonchev–Trinajstić information content (AvgIpc) is 2.61. The molecule has 0 saturated carbocycles. The number of pyridine rings is 1. The van der Waals surface area contributed by atoms with E-state index in [9.17, 15) is 14.7 Å². The van der Waals surface area contributed by atoms with Crippen molar-refractivity contribution in [1.29, 1.82) is 0 Å². The maximum Gasteiger partial charge on any atom is 0.264 e. The Morgan fingerprint density at radius 3 is 2.65 bits per heavy atom. The highest BCUT2D eigenvalue weighted by atomic mass is 16.5. The van der Waals surface area contributed by atoms with Crippen LogP contribution in [0.4, 0.5) is 5.82 Å². The molecule has 0 aliphatic carbocycles. The number of hydrogen-bond acceptors (Lipinski definition) is 5. The van der Waals surface area contributed by atoms with Gasteiger partial charge < -0.3 is 21.3 Å². The Morgan fingerprint density at radius 1 is 1.31 bits per heavy atom. The second-order valence-corrected chi connectivity index (χ2v) is 6.29. The minimum Gasteiger partial charge on any atom is -0.508 e. The van der Waals surface area contributed by atoms with Gasteiger partial charge >= 0.3 is 0 Å². The van der Waals surface area contributed by atoms with E-state index in [1.54, 1.807) is 26.0 Å². The van der Waals surface area contributed by atoms with E-state index in [2.05, 4.69) is 0 Å². The number of nitrogen functional groups attached to an aromatic ring is 1. The van der Waals surface area contributed by atoms with Gasteiger partial charge in [0.15, 0.2) is 0 Å². The molecule has 1 aromatic carbocycles. The number of phenolic OH excluding ortho intramolecular Hbond substituents is 1. The van der Waals surface area contributed by atoms with Crippen molar-refractivity contribution in [3.63, 3.8) is 0 Å². The summed E-state index contributed by atoms with van der Waals surface area (Å²) < 4.78 is 6.56. The number of carbonyl (C=O) groups excluding carboxylic acids is 1. The number of aromatic hydroxyl groups is 1. The zero-order valence-electron chi connectivity index (χ0n) is 14.7. The van der Waals surface area contributed by atoms with Crippen molar-refractivity contribution in [2.45, 2.75) is 20.3 Å². The van der Waals surface area contributed by atoms with Crippen LogP contribution in [0.3, 0.4) is 0 Å². The van der Waals surface area contributed by atoms with Crippen molar-refractivity contribution < 1.29 is 14.6 Å². The third-order valence-corrected chi connectivity index (χ3v) is 4.64. The smallest absolute Gasteiger partial charge is 0.264 e. The predicted molar refractivity (Wildman–Crippen MR) is 99.5 cm³/mol. The molecule has 0 bridgehead atoms. The van der Waals surface area contributed by atoms with Gasteiger partial charge in [-0.25, -0.2) is 0 Å².